The zero-order valence-electron chi connectivity index (χ0n) is 17.5. The molecule has 0 unspecified atom stereocenters. The van der Waals surface area contributed by atoms with Crippen LogP contribution in [0.25, 0.3) is 0 Å². The first-order valence-corrected chi connectivity index (χ1v) is 10.8. The van der Waals surface area contributed by atoms with Crippen molar-refractivity contribution in [1.82, 2.24) is 0 Å². The summed E-state index contributed by atoms with van der Waals surface area (Å²) in [7, 11) is 1.64. The van der Waals surface area contributed by atoms with Crippen LogP contribution < -0.4 is 9.47 Å². The molecule has 31 heavy (non-hydrogen) atoms. The van der Waals surface area contributed by atoms with Crippen LogP contribution in [0.2, 0.25) is 0 Å². The highest BCUT2D eigenvalue weighted by Gasteiger charge is 2.00. The third kappa shape index (κ3) is 6.00. The van der Waals surface area contributed by atoms with Crippen molar-refractivity contribution in [2.75, 3.05) is 7.11 Å². The Morgan fingerprint density at radius 1 is 0.710 bits per heavy atom. The van der Waals surface area contributed by atoms with Gasteiger partial charge in [0.05, 0.1) is 12.8 Å². The number of aliphatic imine (C=N–C) groups is 1. The van der Waals surface area contributed by atoms with Crippen molar-refractivity contribution in [1.29, 1.82) is 0 Å². The summed E-state index contributed by atoms with van der Waals surface area (Å²) >= 11 is 1.76. The first-order chi connectivity index (χ1) is 15.2. The Hall–Kier alpha value is -3.50. The highest BCUT2D eigenvalue weighted by atomic mass is 32.2. The maximum absolute atomic E-state index is 5.87. The highest BCUT2D eigenvalue weighted by molar-refractivity contribution is 7.99. The quantitative estimate of drug-likeness (QED) is 0.284. The van der Waals surface area contributed by atoms with Crippen molar-refractivity contribution in [3.63, 3.8) is 0 Å². The SMILES string of the molecule is COc1cccc(Oc2ccc(N=Cc3ccc(Sc4ccc(C)cc4)cc3)cc2)c1. The Morgan fingerprint density at radius 3 is 2.03 bits per heavy atom. The van der Waals surface area contributed by atoms with E-state index in [1.807, 2.05) is 54.7 Å². The molecule has 0 aliphatic heterocycles. The lowest BCUT2D eigenvalue weighted by molar-refractivity contribution is 0.409. The second-order valence-corrected chi connectivity index (χ2v) is 8.16. The number of methoxy groups -OCH3 is 1. The van der Waals surface area contributed by atoms with Gasteiger partial charge in [-0.3, -0.25) is 4.99 Å². The third-order valence-electron chi connectivity index (χ3n) is 4.61. The van der Waals surface area contributed by atoms with Gasteiger partial charge in [-0.25, -0.2) is 0 Å². The van der Waals surface area contributed by atoms with Crippen LogP contribution >= 0.6 is 11.8 Å². The lowest BCUT2D eigenvalue weighted by Gasteiger charge is -2.07. The molecule has 154 valence electrons. The van der Waals surface area contributed by atoms with Gasteiger partial charge in [-0.05, 0) is 73.2 Å². The molecule has 4 aromatic carbocycles. The van der Waals surface area contributed by atoms with E-state index < -0.39 is 0 Å². The number of aryl methyl sites for hydroxylation is 1. The summed E-state index contributed by atoms with van der Waals surface area (Å²) in [5, 5.41) is 0. The van der Waals surface area contributed by atoms with E-state index in [2.05, 4.69) is 60.4 Å². The standard InChI is InChI=1S/C27H23NO2S/c1-20-6-14-26(15-7-20)31-27-16-8-21(9-17-27)19-28-22-10-12-23(13-11-22)30-25-5-3-4-24(18-25)29-2/h3-19H,1-2H3. The number of nitrogens with zero attached hydrogens (tertiary/aromatic N) is 1. The van der Waals surface area contributed by atoms with Crippen LogP contribution in [0.3, 0.4) is 0 Å². The number of rotatable bonds is 7. The first-order valence-electron chi connectivity index (χ1n) is 9.98. The Kier molecular flexibility index (Phi) is 6.70. The van der Waals surface area contributed by atoms with Crippen molar-refractivity contribution in [2.24, 2.45) is 4.99 Å². The monoisotopic (exact) mass is 425 g/mol. The van der Waals surface area contributed by atoms with Crippen LogP contribution in [0, 0.1) is 6.92 Å². The van der Waals surface area contributed by atoms with Crippen molar-refractivity contribution in [3.8, 4) is 17.2 Å². The smallest absolute Gasteiger partial charge is 0.131 e. The lowest BCUT2D eigenvalue weighted by atomic mass is 10.2. The fraction of sp³-hybridized carbons (Fsp3) is 0.0741. The van der Waals surface area contributed by atoms with Crippen LogP contribution in [0.1, 0.15) is 11.1 Å². The summed E-state index contributed by atoms with van der Waals surface area (Å²) in [4.78, 5) is 7.02. The molecule has 0 N–H and O–H groups in total. The van der Waals surface area contributed by atoms with Gasteiger partial charge in [0.1, 0.15) is 17.2 Å². The molecular formula is C27H23NO2S. The fourth-order valence-electron chi connectivity index (χ4n) is 2.91. The summed E-state index contributed by atoms with van der Waals surface area (Å²) in [6.45, 7) is 2.10. The largest absolute Gasteiger partial charge is 0.497 e. The van der Waals surface area contributed by atoms with Gasteiger partial charge in [0.25, 0.3) is 0 Å². The summed E-state index contributed by atoms with van der Waals surface area (Å²) in [5.74, 6) is 2.26. The molecule has 3 nitrogen and oxygen atoms in total. The Bertz CT molecular complexity index is 1150. The highest BCUT2D eigenvalue weighted by Crippen LogP contribution is 2.28. The molecule has 4 aromatic rings. The van der Waals surface area contributed by atoms with Gasteiger partial charge in [-0.2, -0.15) is 0 Å². The normalized spacial score (nSPS) is 10.9. The summed E-state index contributed by atoms with van der Waals surface area (Å²) in [6.07, 6.45) is 1.87. The minimum absolute atomic E-state index is 0.735. The van der Waals surface area contributed by atoms with Crippen LogP contribution in [0.4, 0.5) is 5.69 Å². The van der Waals surface area contributed by atoms with Gasteiger partial charge < -0.3 is 9.47 Å². The van der Waals surface area contributed by atoms with E-state index >= 15 is 0 Å². The number of ether oxygens (including phenoxy) is 2. The van der Waals surface area contributed by atoms with Gasteiger partial charge in [0, 0.05) is 22.1 Å². The van der Waals surface area contributed by atoms with E-state index in [0.29, 0.717) is 0 Å². The topological polar surface area (TPSA) is 30.8 Å². The zero-order chi connectivity index (χ0) is 21.5. The van der Waals surface area contributed by atoms with E-state index in [4.69, 9.17) is 9.47 Å². The molecule has 0 saturated heterocycles. The van der Waals surface area contributed by atoms with E-state index in [1.165, 1.54) is 15.4 Å². The number of hydrogen-bond acceptors (Lipinski definition) is 4. The van der Waals surface area contributed by atoms with Crippen molar-refractivity contribution < 1.29 is 9.47 Å². The molecule has 0 atom stereocenters. The van der Waals surface area contributed by atoms with Gasteiger partial charge in [0.15, 0.2) is 0 Å². The van der Waals surface area contributed by atoms with Gasteiger partial charge in [-0.15, -0.1) is 0 Å². The average Bonchev–Trinajstić information content (AvgIpc) is 2.81. The van der Waals surface area contributed by atoms with E-state index in [1.54, 1.807) is 18.9 Å². The minimum atomic E-state index is 0.735. The third-order valence-corrected chi connectivity index (χ3v) is 5.63. The minimum Gasteiger partial charge on any atom is -0.497 e. The molecule has 0 aliphatic carbocycles. The van der Waals surface area contributed by atoms with Crippen LogP contribution in [0.5, 0.6) is 17.2 Å². The molecule has 0 fully saturated rings. The predicted octanol–water partition coefficient (Wildman–Crippen LogP) is 7.70. The van der Waals surface area contributed by atoms with Gasteiger partial charge >= 0.3 is 0 Å². The van der Waals surface area contributed by atoms with Crippen molar-refractivity contribution in [2.45, 2.75) is 16.7 Å². The molecular weight excluding hydrogens is 402 g/mol. The molecule has 4 heteroatoms. The van der Waals surface area contributed by atoms with Crippen LogP contribution in [-0.2, 0) is 0 Å². The predicted molar refractivity (Wildman–Crippen MR) is 129 cm³/mol. The number of benzene rings is 4. The van der Waals surface area contributed by atoms with Gasteiger partial charge in [0.2, 0.25) is 0 Å². The summed E-state index contributed by atoms with van der Waals surface area (Å²) in [5.41, 5.74) is 3.21. The van der Waals surface area contributed by atoms with Crippen LogP contribution in [-0.4, -0.2) is 13.3 Å². The van der Waals surface area contributed by atoms with E-state index in [0.717, 1.165) is 28.5 Å². The van der Waals surface area contributed by atoms with Crippen molar-refractivity contribution in [3.05, 3.63) is 108 Å². The van der Waals surface area contributed by atoms with E-state index in [-0.39, 0.29) is 0 Å². The molecule has 0 saturated carbocycles. The van der Waals surface area contributed by atoms with E-state index in [9.17, 15) is 0 Å². The summed E-state index contributed by atoms with van der Waals surface area (Å²) in [6, 6.07) is 32.2. The van der Waals surface area contributed by atoms with Crippen LogP contribution in [0.15, 0.2) is 112 Å². The molecule has 0 aromatic heterocycles. The molecule has 0 heterocycles. The number of hydrogen-bond donors (Lipinski definition) is 0. The first kappa shape index (κ1) is 20.8. The average molecular weight is 426 g/mol. The summed E-state index contributed by atoms with van der Waals surface area (Å²) < 4.78 is 11.1. The molecule has 0 aliphatic rings. The molecule has 0 radical (unpaired) electrons. The Balaban J connectivity index is 1.36. The Morgan fingerprint density at radius 2 is 1.35 bits per heavy atom. The van der Waals surface area contributed by atoms with Gasteiger partial charge in [-0.1, -0.05) is 47.7 Å². The van der Waals surface area contributed by atoms with Crippen molar-refractivity contribution >= 4 is 23.7 Å². The molecule has 0 spiro atoms. The molecule has 0 bridgehead atoms. The molecule has 4 rings (SSSR count). The lowest BCUT2D eigenvalue weighted by Crippen LogP contribution is -1.86. The Labute approximate surface area is 187 Å². The fourth-order valence-corrected chi connectivity index (χ4v) is 3.73. The maximum Gasteiger partial charge on any atom is 0.131 e. The second-order valence-electron chi connectivity index (χ2n) is 7.02. The zero-order valence-corrected chi connectivity index (χ0v) is 18.3. The molecule has 0 amide bonds. The maximum atomic E-state index is 5.87. The second kappa shape index (κ2) is 10.0.